The van der Waals surface area contributed by atoms with Gasteiger partial charge in [-0.2, -0.15) is 13.2 Å². The first-order valence-electron chi connectivity index (χ1n) is 9.66. The van der Waals surface area contributed by atoms with Gasteiger partial charge in [0.1, 0.15) is 16.2 Å². The number of nitrogens with zero attached hydrogens (tertiary/aromatic N) is 2. The quantitative estimate of drug-likeness (QED) is 0.574. The minimum Gasteiger partial charge on any atom is -0.598 e. The Morgan fingerprint density at radius 1 is 1.10 bits per heavy atom. The van der Waals surface area contributed by atoms with Gasteiger partial charge in [-0.25, -0.2) is 0 Å². The van der Waals surface area contributed by atoms with Gasteiger partial charge in [-0.05, 0) is 35.2 Å². The molecular formula is C21H24ClF3N2O2S. The van der Waals surface area contributed by atoms with Crippen molar-refractivity contribution in [3.05, 3.63) is 58.6 Å². The molecule has 1 saturated heterocycles. The Kier molecular flexibility index (Phi) is 7.24. The summed E-state index contributed by atoms with van der Waals surface area (Å²) in [6, 6.07) is 13.9. The highest BCUT2D eigenvalue weighted by Gasteiger charge is 2.36. The average Bonchev–Trinajstić information content (AvgIpc) is 2.69. The summed E-state index contributed by atoms with van der Waals surface area (Å²) < 4.78 is 62.7. The second-order valence-corrected chi connectivity index (χ2v) is 9.97. The molecule has 1 aliphatic heterocycles. The van der Waals surface area contributed by atoms with Crippen molar-refractivity contribution >= 4 is 22.0 Å². The highest BCUT2D eigenvalue weighted by Crippen LogP contribution is 2.29. The first-order valence-corrected chi connectivity index (χ1v) is 11.7. The summed E-state index contributed by atoms with van der Waals surface area (Å²) in [7, 11) is -3.90. The fourth-order valence-electron chi connectivity index (χ4n) is 3.48. The molecule has 3 rings (SSSR count). The van der Waals surface area contributed by atoms with Crippen LogP contribution in [0.2, 0.25) is 5.02 Å². The normalized spacial score (nSPS) is 18.3. The number of alkyl halides is 3. The van der Waals surface area contributed by atoms with E-state index < -0.39 is 28.7 Å². The molecule has 4 nitrogen and oxygen atoms in total. The smallest absolute Gasteiger partial charge is 0.393 e. The summed E-state index contributed by atoms with van der Waals surface area (Å²) in [6.45, 7) is 3.89. The predicted molar refractivity (Wildman–Crippen MR) is 113 cm³/mol. The Hall–Kier alpha value is -1.45. The van der Waals surface area contributed by atoms with Crippen LogP contribution in [0.3, 0.4) is 0 Å². The van der Waals surface area contributed by atoms with Gasteiger partial charge < -0.3 is 4.55 Å². The van der Waals surface area contributed by atoms with E-state index in [1.807, 2.05) is 49.4 Å². The van der Waals surface area contributed by atoms with Crippen molar-refractivity contribution in [2.24, 2.45) is 0 Å². The number of piperazine rings is 1. The maximum Gasteiger partial charge on any atom is 0.393 e. The molecule has 30 heavy (non-hydrogen) atoms. The van der Waals surface area contributed by atoms with Crippen LogP contribution in [-0.2, 0) is 21.2 Å². The number of sulfonamides is 1. The van der Waals surface area contributed by atoms with Crippen LogP contribution in [-0.4, -0.2) is 51.9 Å². The summed E-state index contributed by atoms with van der Waals surface area (Å²) in [5, 5.41) is 0.694. The zero-order valence-electron chi connectivity index (χ0n) is 16.6. The molecule has 0 aromatic heterocycles. The summed E-state index contributed by atoms with van der Waals surface area (Å²) in [4.78, 5) is 2.12. The van der Waals surface area contributed by atoms with E-state index in [9.17, 15) is 21.9 Å². The van der Waals surface area contributed by atoms with Crippen LogP contribution < -0.4 is 0 Å². The molecule has 0 bridgehead atoms. The Bertz CT molecular complexity index is 931. The molecule has 1 atom stereocenters. The fourth-order valence-corrected chi connectivity index (χ4v) is 5.13. The Labute approximate surface area is 181 Å². The van der Waals surface area contributed by atoms with Crippen LogP contribution in [0.4, 0.5) is 13.2 Å². The third-order valence-corrected chi connectivity index (χ3v) is 7.54. The van der Waals surface area contributed by atoms with E-state index in [1.54, 1.807) is 0 Å². The SMILES string of the molecule is Cc1ccc(-c2ccccc2CN2CCN([S+](=O)([O-])CCC(F)(F)F)CC2)cc1Cl. The van der Waals surface area contributed by atoms with Crippen LogP contribution in [0.15, 0.2) is 42.5 Å². The number of hydrogen-bond acceptors (Lipinski definition) is 3. The lowest BCUT2D eigenvalue weighted by Crippen LogP contribution is -2.51. The molecule has 1 fully saturated rings. The van der Waals surface area contributed by atoms with Crippen molar-refractivity contribution < 1.29 is 21.9 Å². The number of halogens is 4. The zero-order chi connectivity index (χ0) is 21.9. The van der Waals surface area contributed by atoms with E-state index in [1.165, 1.54) is 4.31 Å². The second kappa shape index (κ2) is 9.36. The molecule has 0 aliphatic carbocycles. The third kappa shape index (κ3) is 6.04. The number of hydrogen-bond donors (Lipinski definition) is 0. The predicted octanol–water partition coefficient (Wildman–Crippen LogP) is 4.93. The van der Waals surface area contributed by atoms with E-state index in [2.05, 4.69) is 4.90 Å². The molecule has 1 aliphatic rings. The van der Waals surface area contributed by atoms with Crippen molar-refractivity contribution in [2.75, 3.05) is 31.9 Å². The number of aryl methyl sites for hydroxylation is 1. The van der Waals surface area contributed by atoms with Gasteiger partial charge in [0.2, 0.25) is 0 Å². The number of benzene rings is 2. The summed E-state index contributed by atoms with van der Waals surface area (Å²) in [5.41, 5.74) is 4.15. The lowest BCUT2D eigenvalue weighted by molar-refractivity contribution is -0.130. The maximum atomic E-state index is 12.4. The van der Waals surface area contributed by atoms with Gasteiger partial charge in [0.15, 0.2) is 0 Å². The molecule has 0 amide bonds. The van der Waals surface area contributed by atoms with Crippen molar-refractivity contribution in [1.29, 1.82) is 0 Å². The van der Waals surface area contributed by atoms with Crippen molar-refractivity contribution in [2.45, 2.75) is 26.1 Å². The van der Waals surface area contributed by atoms with Gasteiger partial charge >= 0.3 is 6.18 Å². The maximum absolute atomic E-state index is 12.4. The van der Waals surface area contributed by atoms with Crippen LogP contribution in [0.5, 0.6) is 0 Å². The molecule has 0 saturated carbocycles. The van der Waals surface area contributed by atoms with Crippen LogP contribution in [0.1, 0.15) is 17.5 Å². The number of rotatable bonds is 6. The Morgan fingerprint density at radius 3 is 2.40 bits per heavy atom. The first-order chi connectivity index (χ1) is 14.0. The molecule has 0 spiro atoms. The van der Waals surface area contributed by atoms with Gasteiger partial charge in [0.05, 0.1) is 19.5 Å². The molecule has 0 N–H and O–H groups in total. The lowest BCUT2D eigenvalue weighted by Gasteiger charge is -2.36. The van der Waals surface area contributed by atoms with Gasteiger partial charge in [-0.3, -0.25) is 4.90 Å². The summed E-state index contributed by atoms with van der Waals surface area (Å²) >= 11 is 6.28. The van der Waals surface area contributed by atoms with Crippen molar-refractivity contribution in [3.63, 3.8) is 0 Å². The van der Waals surface area contributed by atoms with Crippen molar-refractivity contribution in [3.8, 4) is 11.1 Å². The van der Waals surface area contributed by atoms with E-state index in [0.29, 0.717) is 24.7 Å². The molecule has 9 heteroatoms. The molecule has 164 valence electrons. The molecule has 1 unspecified atom stereocenters. The summed E-state index contributed by atoms with van der Waals surface area (Å²) in [6.07, 6.45) is -5.79. The van der Waals surface area contributed by atoms with Crippen LogP contribution >= 0.6 is 11.6 Å². The molecular weight excluding hydrogens is 437 g/mol. The van der Waals surface area contributed by atoms with Crippen LogP contribution in [0.25, 0.3) is 11.1 Å². The largest absolute Gasteiger partial charge is 0.598 e. The highest BCUT2D eigenvalue weighted by atomic mass is 35.5. The van der Waals surface area contributed by atoms with E-state index >= 15 is 0 Å². The minimum atomic E-state index is -4.47. The zero-order valence-corrected chi connectivity index (χ0v) is 18.2. The molecule has 2 aromatic rings. The molecule has 2 aromatic carbocycles. The van der Waals surface area contributed by atoms with Crippen molar-refractivity contribution in [1.82, 2.24) is 9.21 Å². The Balaban J connectivity index is 1.64. The lowest BCUT2D eigenvalue weighted by atomic mass is 9.98. The topological polar surface area (TPSA) is 46.6 Å². The van der Waals surface area contributed by atoms with Crippen LogP contribution in [0, 0.1) is 6.92 Å². The van der Waals surface area contributed by atoms with Gasteiger partial charge in [-0.15, -0.1) is 4.31 Å². The van der Waals surface area contributed by atoms with E-state index in [-0.39, 0.29) is 13.1 Å². The molecule has 1 heterocycles. The van der Waals surface area contributed by atoms with Gasteiger partial charge in [0, 0.05) is 24.7 Å². The average molecular weight is 461 g/mol. The monoisotopic (exact) mass is 460 g/mol. The highest BCUT2D eigenvalue weighted by molar-refractivity contribution is 7.95. The fraction of sp³-hybridized carbons (Fsp3) is 0.429. The Morgan fingerprint density at radius 2 is 1.77 bits per heavy atom. The van der Waals surface area contributed by atoms with Gasteiger partial charge in [0.25, 0.3) is 0 Å². The standard InChI is InChI=1S/C21H24ClF3N2O2S/c1-16-6-7-17(14-20(16)22)19-5-3-2-4-18(19)15-26-9-11-27(12-10-26)30(28,29)13-8-21(23,24)25/h2-7,14H,8-13,15H2,1H3. The van der Waals surface area contributed by atoms with Gasteiger partial charge in [-0.1, -0.05) is 52.2 Å². The third-order valence-electron chi connectivity index (χ3n) is 5.26. The first kappa shape index (κ1) is 23.2. The van der Waals surface area contributed by atoms with E-state index in [4.69, 9.17) is 11.6 Å². The second-order valence-electron chi connectivity index (χ2n) is 7.48. The molecule has 0 radical (unpaired) electrons. The minimum absolute atomic E-state index is 0.193. The summed E-state index contributed by atoms with van der Waals surface area (Å²) in [5.74, 6) is -0.895. The van der Waals surface area contributed by atoms with E-state index in [0.717, 1.165) is 22.3 Å².